The Kier molecular flexibility index (Phi) is 10.6. The molecule has 1 aliphatic heterocycles. The Hall–Kier alpha value is -4.79. The van der Waals surface area contributed by atoms with Crippen molar-refractivity contribution in [2.75, 3.05) is 19.7 Å². The molecular formula is C36H41F3N4O7S. The molecule has 0 spiro atoms. The number of amides is 1. The van der Waals surface area contributed by atoms with Gasteiger partial charge in [-0.3, -0.25) is 0 Å². The number of sulfonamides is 1. The molecule has 1 heterocycles. The van der Waals surface area contributed by atoms with Crippen LogP contribution in [-0.4, -0.2) is 69.1 Å². The van der Waals surface area contributed by atoms with Crippen LogP contribution in [0.15, 0.2) is 58.4 Å². The second-order valence-corrected chi connectivity index (χ2v) is 15.0. The molecule has 15 heteroatoms. The number of nitrogens with one attached hydrogen (secondary N) is 3. The average Bonchev–Trinajstić information content (AvgIpc) is 3.56. The van der Waals surface area contributed by atoms with Gasteiger partial charge in [-0.25, -0.2) is 27.7 Å². The number of halogens is 3. The molecule has 3 aromatic carbocycles. The summed E-state index contributed by atoms with van der Waals surface area (Å²) in [6, 6.07) is 14.1. The van der Waals surface area contributed by atoms with E-state index < -0.39 is 52.4 Å². The van der Waals surface area contributed by atoms with E-state index in [0.717, 1.165) is 22.3 Å². The molecule has 0 saturated carbocycles. The SMILES string of the molecule is Cc1c(C)c(S(=O)(=O)NC(=NCC(F)(F)F)NCCC[C@H](NC(=O)OCC2c3ccccc3-c3ccccc32)C(=O)O)c(C)c2c1OC(C)(C)C2. The number of rotatable bonds is 11. The zero-order chi connectivity index (χ0) is 37.3. The molecule has 5 rings (SSSR count). The van der Waals surface area contributed by atoms with Crippen molar-refractivity contribution >= 4 is 28.0 Å². The van der Waals surface area contributed by atoms with Gasteiger partial charge in [0.25, 0.3) is 10.0 Å². The first-order valence-corrected chi connectivity index (χ1v) is 17.9. The summed E-state index contributed by atoms with van der Waals surface area (Å²) in [5.41, 5.74) is 5.59. The number of carboxylic acid groups (broad SMARTS) is 1. The van der Waals surface area contributed by atoms with Crippen LogP contribution in [0.3, 0.4) is 0 Å². The third-order valence-electron chi connectivity index (χ3n) is 9.10. The van der Waals surface area contributed by atoms with E-state index in [0.29, 0.717) is 34.4 Å². The van der Waals surface area contributed by atoms with E-state index in [9.17, 15) is 36.3 Å². The maximum atomic E-state index is 13.7. The number of hydrogen-bond acceptors (Lipinski definition) is 7. The molecular weight excluding hydrogens is 689 g/mol. The lowest BCUT2D eigenvalue weighted by molar-refractivity contribution is -0.139. The van der Waals surface area contributed by atoms with Gasteiger partial charge < -0.3 is 25.2 Å². The van der Waals surface area contributed by atoms with Gasteiger partial charge in [-0.2, -0.15) is 13.2 Å². The lowest BCUT2D eigenvalue weighted by Crippen LogP contribution is -2.44. The molecule has 0 fully saturated rings. The van der Waals surface area contributed by atoms with Crippen LogP contribution in [-0.2, 0) is 26.0 Å². The lowest BCUT2D eigenvalue weighted by Gasteiger charge is -2.20. The fourth-order valence-electron chi connectivity index (χ4n) is 6.67. The molecule has 0 bridgehead atoms. The molecule has 4 N–H and O–H groups in total. The van der Waals surface area contributed by atoms with Crippen molar-refractivity contribution in [2.45, 2.75) is 82.5 Å². The standard InChI is InChI=1S/C36H41F3N4O7S/c1-20-21(2)31(22(3)27-17-35(4,5)50-30(20)27)51(47,48)43-33(41-19-36(37,38)39)40-16-10-15-29(32(44)45)42-34(46)49-18-28-25-13-8-6-11-23(25)24-12-7-9-14-26(24)28/h6-9,11-14,28-29H,10,15-19H2,1-5H3,(H,42,46)(H,44,45)(H2,40,41,43)/t29-/m0/s1. The molecule has 1 amide bonds. The predicted octanol–water partition coefficient (Wildman–Crippen LogP) is 5.88. The summed E-state index contributed by atoms with van der Waals surface area (Å²) in [5, 5.41) is 14.7. The van der Waals surface area contributed by atoms with Crippen LogP contribution in [0, 0.1) is 20.8 Å². The number of aliphatic imine (C=N–C) groups is 1. The zero-order valence-electron chi connectivity index (χ0n) is 28.9. The minimum Gasteiger partial charge on any atom is -0.487 e. The molecule has 274 valence electrons. The van der Waals surface area contributed by atoms with Crippen LogP contribution < -0.4 is 20.1 Å². The number of carbonyl (C=O) groups excluding carboxylic acids is 1. The Morgan fingerprint density at radius 3 is 2.22 bits per heavy atom. The molecule has 0 unspecified atom stereocenters. The average molecular weight is 731 g/mol. The van der Waals surface area contributed by atoms with Gasteiger partial charge in [0, 0.05) is 24.4 Å². The first kappa shape index (κ1) is 37.5. The Morgan fingerprint density at radius 2 is 1.63 bits per heavy atom. The van der Waals surface area contributed by atoms with Crippen LogP contribution in [0.1, 0.15) is 66.0 Å². The van der Waals surface area contributed by atoms with Crippen LogP contribution in [0.2, 0.25) is 0 Å². The summed E-state index contributed by atoms with van der Waals surface area (Å²) < 4.78 is 80.5. The van der Waals surface area contributed by atoms with Crippen LogP contribution in [0.5, 0.6) is 5.75 Å². The summed E-state index contributed by atoms with van der Waals surface area (Å²) in [5.74, 6) is -1.64. The van der Waals surface area contributed by atoms with Crippen molar-refractivity contribution < 1.29 is 45.8 Å². The van der Waals surface area contributed by atoms with Crippen LogP contribution in [0.25, 0.3) is 11.1 Å². The van der Waals surface area contributed by atoms with Crippen molar-refractivity contribution in [3.05, 3.63) is 81.9 Å². The van der Waals surface area contributed by atoms with E-state index in [1.165, 1.54) is 0 Å². The second kappa shape index (κ2) is 14.4. The van der Waals surface area contributed by atoms with Gasteiger partial charge in [0.05, 0.1) is 4.90 Å². The Morgan fingerprint density at radius 1 is 1.02 bits per heavy atom. The Bertz CT molecular complexity index is 1930. The Balaban J connectivity index is 1.21. The molecule has 1 aliphatic carbocycles. The summed E-state index contributed by atoms with van der Waals surface area (Å²) in [7, 11) is -4.44. The van der Waals surface area contributed by atoms with Crippen molar-refractivity contribution in [1.82, 2.24) is 15.4 Å². The first-order chi connectivity index (χ1) is 23.9. The van der Waals surface area contributed by atoms with Crippen LogP contribution in [0.4, 0.5) is 18.0 Å². The van der Waals surface area contributed by atoms with E-state index >= 15 is 0 Å². The van der Waals surface area contributed by atoms with E-state index in [1.54, 1.807) is 20.8 Å². The predicted molar refractivity (Wildman–Crippen MR) is 185 cm³/mol. The molecule has 3 aromatic rings. The normalized spacial score (nSPS) is 15.6. The number of ether oxygens (including phenoxy) is 2. The highest BCUT2D eigenvalue weighted by molar-refractivity contribution is 7.90. The molecule has 1 atom stereocenters. The highest BCUT2D eigenvalue weighted by Crippen LogP contribution is 2.45. The van der Waals surface area contributed by atoms with E-state index in [2.05, 4.69) is 20.3 Å². The van der Waals surface area contributed by atoms with Gasteiger partial charge >= 0.3 is 18.2 Å². The zero-order valence-corrected chi connectivity index (χ0v) is 29.7. The van der Waals surface area contributed by atoms with Crippen molar-refractivity contribution in [2.24, 2.45) is 4.99 Å². The van der Waals surface area contributed by atoms with E-state index in [4.69, 9.17) is 9.47 Å². The van der Waals surface area contributed by atoms with Crippen LogP contribution >= 0.6 is 0 Å². The van der Waals surface area contributed by atoms with Gasteiger partial charge in [-0.15, -0.1) is 0 Å². The van der Waals surface area contributed by atoms with Crippen molar-refractivity contribution in [3.63, 3.8) is 0 Å². The summed E-state index contributed by atoms with van der Waals surface area (Å²) in [4.78, 5) is 28.0. The summed E-state index contributed by atoms with van der Waals surface area (Å²) >= 11 is 0. The molecule has 0 aromatic heterocycles. The fourth-order valence-corrected chi connectivity index (χ4v) is 8.25. The molecule has 0 radical (unpaired) electrons. The van der Waals surface area contributed by atoms with Gasteiger partial charge in [0.1, 0.15) is 30.5 Å². The van der Waals surface area contributed by atoms with E-state index in [-0.39, 0.29) is 36.8 Å². The Labute approximate surface area is 294 Å². The topological polar surface area (TPSA) is 155 Å². The van der Waals surface area contributed by atoms with Gasteiger partial charge in [0.15, 0.2) is 0 Å². The number of nitrogens with zero attached hydrogens (tertiary/aromatic N) is 1. The van der Waals surface area contributed by atoms with E-state index in [1.807, 2.05) is 62.4 Å². The smallest absolute Gasteiger partial charge is 0.408 e. The number of hydrogen-bond donors (Lipinski definition) is 4. The number of benzene rings is 3. The van der Waals surface area contributed by atoms with Gasteiger partial charge in [-0.05, 0) is 86.4 Å². The van der Waals surface area contributed by atoms with Crippen molar-refractivity contribution in [3.8, 4) is 16.9 Å². The first-order valence-electron chi connectivity index (χ1n) is 16.4. The number of alkyl halides is 3. The van der Waals surface area contributed by atoms with Gasteiger partial charge in [-0.1, -0.05) is 48.5 Å². The number of aliphatic carboxylic acids is 1. The molecule has 2 aliphatic rings. The quantitative estimate of drug-likeness (QED) is 0.108. The van der Waals surface area contributed by atoms with Gasteiger partial charge in [0.2, 0.25) is 5.96 Å². The monoisotopic (exact) mass is 730 g/mol. The number of alkyl carbamates (subject to hydrolysis) is 1. The third-order valence-corrected chi connectivity index (χ3v) is 10.7. The number of carbonyl (C=O) groups is 2. The third kappa shape index (κ3) is 8.41. The minimum absolute atomic E-state index is 0.00974. The highest BCUT2D eigenvalue weighted by Gasteiger charge is 2.37. The number of guanidine groups is 1. The molecule has 51 heavy (non-hydrogen) atoms. The molecule has 11 nitrogen and oxygen atoms in total. The highest BCUT2D eigenvalue weighted by atomic mass is 32.2. The fraction of sp³-hybridized carbons (Fsp3) is 0.417. The minimum atomic E-state index is -4.72. The number of carboxylic acids is 1. The van der Waals surface area contributed by atoms with Crippen molar-refractivity contribution in [1.29, 1.82) is 0 Å². The number of fused-ring (bicyclic) bond motifs is 4. The maximum Gasteiger partial charge on any atom is 0.408 e. The summed E-state index contributed by atoms with van der Waals surface area (Å²) in [6.45, 7) is 6.84. The molecule has 0 saturated heterocycles. The summed E-state index contributed by atoms with van der Waals surface area (Å²) in [6.07, 6.45) is -5.36. The maximum absolute atomic E-state index is 13.7. The lowest BCUT2D eigenvalue weighted by atomic mass is 9.94. The largest absolute Gasteiger partial charge is 0.487 e. The second-order valence-electron chi connectivity index (χ2n) is 13.4.